The van der Waals surface area contributed by atoms with Gasteiger partial charge in [-0.05, 0) is 13.3 Å². The molecule has 84 valence electrons. The molecule has 0 aromatic rings. The van der Waals surface area contributed by atoms with Crippen molar-refractivity contribution in [1.29, 1.82) is 0 Å². The normalized spacial score (nSPS) is 11.7. The zero-order valence-corrected chi connectivity index (χ0v) is 9.33. The average molecular weight is 212 g/mol. The van der Waals surface area contributed by atoms with Gasteiger partial charge in [0, 0.05) is 12.0 Å². The van der Waals surface area contributed by atoms with E-state index in [0.29, 0.717) is 6.42 Å². The minimum Gasteiger partial charge on any atom is -0.451 e. The van der Waals surface area contributed by atoms with E-state index in [9.17, 15) is 14.4 Å². The largest absolute Gasteiger partial charge is 0.451 e. The summed E-state index contributed by atoms with van der Waals surface area (Å²) in [5.74, 6) is -1.80. The summed E-state index contributed by atoms with van der Waals surface area (Å²) < 4.78 is 4.84. The van der Waals surface area contributed by atoms with Crippen LogP contribution in [0.15, 0.2) is 12.2 Å². The van der Waals surface area contributed by atoms with Crippen molar-refractivity contribution < 1.29 is 19.1 Å². The number of ether oxygens (including phenoxy) is 1. The molecule has 15 heavy (non-hydrogen) atoms. The second kappa shape index (κ2) is 6.11. The molecule has 4 heteroatoms. The molecule has 0 fully saturated rings. The Hall–Kier alpha value is -1.45. The first-order valence-corrected chi connectivity index (χ1v) is 4.87. The van der Waals surface area contributed by atoms with Crippen LogP contribution in [0.1, 0.15) is 33.6 Å². The van der Waals surface area contributed by atoms with Crippen LogP contribution in [0.25, 0.3) is 0 Å². The van der Waals surface area contributed by atoms with Gasteiger partial charge in [-0.2, -0.15) is 0 Å². The molecule has 0 aromatic carbocycles. The molecule has 0 aliphatic rings. The number of hydrogen-bond donors (Lipinski definition) is 0. The minimum atomic E-state index is -0.971. The van der Waals surface area contributed by atoms with Gasteiger partial charge in [0.05, 0.1) is 0 Å². The lowest BCUT2D eigenvalue weighted by molar-refractivity contribution is -0.154. The van der Waals surface area contributed by atoms with Gasteiger partial charge < -0.3 is 4.74 Å². The standard InChI is InChI=1S/C11H16O4/c1-5-8(12)10(13)9(6-2)15-11(14)7(3)4/h9H,3,5-6H2,1-2,4H3. The molecule has 1 atom stereocenters. The second-order valence-corrected chi connectivity index (χ2v) is 3.22. The van der Waals surface area contributed by atoms with E-state index in [1.165, 1.54) is 6.92 Å². The van der Waals surface area contributed by atoms with Crippen molar-refractivity contribution in [1.82, 2.24) is 0 Å². The maximum Gasteiger partial charge on any atom is 0.333 e. The van der Waals surface area contributed by atoms with Crippen LogP contribution in [0.5, 0.6) is 0 Å². The Morgan fingerprint density at radius 1 is 1.27 bits per heavy atom. The molecule has 0 rings (SSSR count). The smallest absolute Gasteiger partial charge is 0.333 e. The summed E-state index contributed by atoms with van der Waals surface area (Å²) in [6.07, 6.45) is -0.551. The molecule has 0 N–H and O–H groups in total. The molecule has 0 saturated heterocycles. The topological polar surface area (TPSA) is 60.4 Å². The Kier molecular flexibility index (Phi) is 5.52. The molecule has 0 amide bonds. The number of carbonyl (C=O) groups is 3. The molecule has 0 bridgehead atoms. The molecular formula is C11H16O4. The monoisotopic (exact) mass is 212 g/mol. The van der Waals surface area contributed by atoms with Gasteiger partial charge in [-0.25, -0.2) is 4.79 Å². The van der Waals surface area contributed by atoms with Crippen molar-refractivity contribution in [3.05, 3.63) is 12.2 Å². The van der Waals surface area contributed by atoms with Crippen molar-refractivity contribution in [2.75, 3.05) is 0 Å². The third-order valence-corrected chi connectivity index (χ3v) is 1.86. The molecule has 0 radical (unpaired) electrons. The fraction of sp³-hybridized carbons (Fsp3) is 0.545. The van der Waals surface area contributed by atoms with Gasteiger partial charge in [0.2, 0.25) is 11.6 Å². The van der Waals surface area contributed by atoms with Crippen molar-refractivity contribution >= 4 is 17.5 Å². The highest BCUT2D eigenvalue weighted by Gasteiger charge is 2.25. The van der Waals surface area contributed by atoms with Gasteiger partial charge in [0.25, 0.3) is 0 Å². The van der Waals surface area contributed by atoms with Gasteiger partial charge in [0.1, 0.15) is 0 Å². The first-order valence-electron chi connectivity index (χ1n) is 4.87. The van der Waals surface area contributed by atoms with Crippen molar-refractivity contribution in [3.8, 4) is 0 Å². The van der Waals surface area contributed by atoms with Crippen molar-refractivity contribution in [2.45, 2.75) is 39.7 Å². The quantitative estimate of drug-likeness (QED) is 0.379. The lowest BCUT2D eigenvalue weighted by Crippen LogP contribution is -2.32. The SMILES string of the molecule is C=C(C)C(=O)OC(CC)C(=O)C(=O)CC. The van der Waals surface area contributed by atoms with Crippen LogP contribution >= 0.6 is 0 Å². The predicted molar refractivity (Wildman–Crippen MR) is 55.3 cm³/mol. The lowest BCUT2D eigenvalue weighted by Gasteiger charge is -2.13. The highest BCUT2D eigenvalue weighted by Crippen LogP contribution is 2.05. The summed E-state index contributed by atoms with van der Waals surface area (Å²) in [7, 11) is 0. The number of ketones is 2. The van der Waals surface area contributed by atoms with E-state index in [1.54, 1.807) is 13.8 Å². The maximum atomic E-state index is 11.4. The van der Waals surface area contributed by atoms with E-state index in [0.717, 1.165) is 0 Å². The third kappa shape index (κ3) is 4.06. The Balaban J connectivity index is 4.50. The van der Waals surface area contributed by atoms with E-state index in [4.69, 9.17) is 4.74 Å². The van der Waals surface area contributed by atoms with E-state index in [1.807, 2.05) is 0 Å². The van der Waals surface area contributed by atoms with Crippen LogP contribution in [-0.4, -0.2) is 23.6 Å². The van der Waals surface area contributed by atoms with Crippen LogP contribution in [0, 0.1) is 0 Å². The van der Waals surface area contributed by atoms with Crippen LogP contribution in [-0.2, 0) is 19.1 Å². The fourth-order valence-corrected chi connectivity index (χ4v) is 0.906. The molecular weight excluding hydrogens is 196 g/mol. The number of Topliss-reactive ketones (excluding diaryl/α,β-unsaturated/α-hetero) is 2. The molecule has 0 heterocycles. The molecule has 0 spiro atoms. The van der Waals surface area contributed by atoms with Gasteiger partial charge in [-0.3, -0.25) is 9.59 Å². The molecule has 0 aliphatic carbocycles. The van der Waals surface area contributed by atoms with E-state index in [2.05, 4.69) is 6.58 Å². The summed E-state index contributed by atoms with van der Waals surface area (Å²) in [6, 6.07) is 0. The van der Waals surface area contributed by atoms with Crippen LogP contribution in [0.2, 0.25) is 0 Å². The average Bonchev–Trinajstić information content (AvgIpc) is 2.23. The number of esters is 1. The Morgan fingerprint density at radius 3 is 2.13 bits per heavy atom. The lowest BCUT2D eigenvalue weighted by atomic mass is 10.1. The molecule has 4 nitrogen and oxygen atoms in total. The van der Waals surface area contributed by atoms with Crippen LogP contribution in [0.4, 0.5) is 0 Å². The Labute approximate surface area is 89.3 Å². The predicted octanol–water partition coefficient (Wildman–Crippen LogP) is 1.43. The summed E-state index contributed by atoms with van der Waals surface area (Å²) in [4.78, 5) is 33.6. The third-order valence-electron chi connectivity index (χ3n) is 1.86. The Bertz CT molecular complexity index is 291. The molecule has 0 saturated carbocycles. The first kappa shape index (κ1) is 13.5. The van der Waals surface area contributed by atoms with Crippen LogP contribution < -0.4 is 0 Å². The summed E-state index contributed by atoms with van der Waals surface area (Å²) in [5, 5.41) is 0. The van der Waals surface area contributed by atoms with Gasteiger partial charge in [0.15, 0.2) is 6.10 Å². The fourth-order valence-electron chi connectivity index (χ4n) is 0.906. The van der Waals surface area contributed by atoms with E-state index < -0.39 is 23.6 Å². The highest BCUT2D eigenvalue weighted by molar-refractivity contribution is 6.39. The highest BCUT2D eigenvalue weighted by atomic mass is 16.5. The first-order chi connectivity index (χ1) is 6.93. The van der Waals surface area contributed by atoms with Crippen LogP contribution in [0.3, 0.4) is 0 Å². The molecule has 0 aliphatic heterocycles. The zero-order valence-electron chi connectivity index (χ0n) is 9.33. The summed E-state index contributed by atoms with van der Waals surface area (Å²) in [5.41, 5.74) is 0.213. The molecule has 0 aromatic heterocycles. The van der Waals surface area contributed by atoms with E-state index in [-0.39, 0.29) is 12.0 Å². The number of carbonyl (C=O) groups excluding carboxylic acids is 3. The minimum absolute atomic E-state index is 0.125. The second-order valence-electron chi connectivity index (χ2n) is 3.22. The Morgan fingerprint density at radius 2 is 1.80 bits per heavy atom. The molecule has 1 unspecified atom stereocenters. The van der Waals surface area contributed by atoms with Crippen molar-refractivity contribution in [3.63, 3.8) is 0 Å². The van der Waals surface area contributed by atoms with Gasteiger partial charge in [-0.15, -0.1) is 0 Å². The summed E-state index contributed by atoms with van der Waals surface area (Å²) >= 11 is 0. The zero-order chi connectivity index (χ0) is 12.0. The van der Waals surface area contributed by atoms with Gasteiger partial charge >= 0.3 is 5.97 Å². The van der Waals surface area contributed by atoms with Gasteiger partial charge in [-0.1, -0.05) is 20.4 Å². The number of hydrogen-bond acceptors (Lipinski definition) is 4. The van der Waals surface area contributed by atoms with E-state index >= 15 is 0 Å². The summed E-state index contributed by atoms with van der Waals surface area (Å²) in [6.45, 7) is 8.15. The van der Waals surface area contributed by atoms with Crippen molar-refractivity contribution in [2.24, 2.45) is 0 Å². The maximum absolute atomic E-state index is 11.4. The number of rotatable bonds is 6.